The van der Waals surface area contributed by atoms with Gasteiger partial charge in [-0.3, -0.25) is 0 Å². The predicted octanol–water partition coefficient (Wildman–Crippen LogP) is 2.38. The summed E-state index contributed by atoms with van der Waals surface area (Å²) in [5.74, 6) is 0.274. The maximum atomic E-state index is 11.8. The number of aliphatic hydroxyl groups is 1. The van der Waals surface area contributed by atoms with Crippen LogP contribution in [-0.2, 0) is 19.4 Å². The van der Waals surface area contributed by atoms with Gasteiger partial charge in [0.2, 0.25) is 0 Å². The van der Waals surface area contributed by atoms with Crippen molar-refractivity contribution in [2.45, 2.75) is 52.2 Å². The van der Waals surface area contributed by atoms with E-state index < -0.39 is 0 Å². The quantitative estimate of drug-likeness (QED) is 0.753. The number of amides is 2. The summed E-state index contributed by atoms with van der Waals surface area (Å²) in [5.41, 5.74) is 4.04. The Balaban J connectivity index is 1.71. The number of carbonyl (C=O) groups excluding carboxylic acids is 1. The minimum atomic E-state index is -0.323. The lowest BCUT2D eigenvalue weighted by Gasteiger charge is -2.14. The highest BCUT2D eigenvalue weighted by Gasteiger charge is 2.11. The van der Waals surface area contributed by atoms with Crippen LogP contribution in [0.25, 0.3) is 0 Å². The molecule has 3 N–H and O–H groups in total. The second kappa shape index (κ2) is 7.46. The van der Waals surface area contributed by atoms with Crippen molar-refractivity contribution in [3.8, 4) is 0 Å². The molecule has 0 saturated carbocycles. The van der Waals surface area contributed by atoms with Crippen molar-refractivity contribution in [2.24, 2.45) is 5.92 Å². The SMILES string of the molecule is CC(O)CC(C)CNC(=O)NCc1ccc2c(c1)CCC2. The fraction of sp³-hybridized carbons (Fsp3) is 0.588. The normalized spacial score (nSPS) is 16.1. The number of hydrogen-bond acceptors (Lipinski definition) is 2. The first-order chi connectivity index (χ1) is 10.0. The summed E-state index contributed by atoms with van der Waals surface area (Å²) in [7, 11) is 0. The van der Waals surface area contributed by atoms with Gasteiger partial charge in [-0.2, -0.15) is 0 Å². The first-order valence-electron chi connectivity index (χ1n) is 7.85. The van der Waals surface area contributed by atoms with Crippen molar-refractivity contribution in [2.75, 3.05) is 6.54 Å². The minimum Gasteiger partial charge on any atom is -0.393 e. The fourth-order valence-electron chi connectivity index (χ4n) is 2.91. The van der Waals surface area contributed by atoms with Gasteiger partial charge in [-0.1, -0.05) is 25.1 Å². The Labute approximate surface area is 126 Å². The zero-order valence-electron chi connectivity index (χ0n) is 13.0. The Morgan fingerprint density at radius 3 is 2.76 bits per heavy atom. The first kappa shape index (κ1) is 15.8. The number of urea groups is 1. The Morgan fingerprint density at radius 1 is 1.24 bits per heavy atom. The van der Waals surface area contributed by atoms with Gasteiger partial charge in [-0.05, 0) is 55.2 Å². The molecule has 4 nitrogen and oxygen atoms in total. The summed E-state index contributed by atoms with van der Waals surface area (Å²) in [5, 5.41) is 15.0. The minimum absolute atomic E-state index is 0.145. The van der Waals surface area contributed by atoms with Crippen LogP contribution < -0.4 is 10.6 Å². The van der Waals surface area contributed by atoms with Gasteiger partial charge in [0, 0.05) is 13.1 Å². The van der Waals surface area contributed by atoms with Gasteiger partial charge in [0.25, 0.3) is 0 Å². The molecular formula is C17H26N2O2. The van der Waals surface area contributed by atoms with E-state index in [0.29, 0.717) is 19.5 Å². The molecular weight excluding hydrogens is 264 g/mol. The van der Waals surface area contributed by atoms with Crippen LogP contribution in [0.2, 0.25) is 0 Å². The van der Waals surface area contributed by atoms with Crippen LogP contribution in [0.1, 0.15) is 43.4 Å². The number of fused-ring (bicyclic) bond motifs is 1. The summed E-state index contributed by atoms with van der Waals surface area (Å²) in [6, 6.07) is 6.34. The van der Waals surface area contributed by atoms with Crippen LogP contribution in [0.4, 0.5) is 4.79 Å². The van der Waals surface area contributed by atoms with Gasteiger partial charge < -0.3 is 15.7 Å². The average Bonchev–Trinajstić information content (AvgIpc) is 2.89. The number of hydrogen-bond donors (Lipinski definition) is 3. The fourth-order valence-corrected chi connectivity index (χ4v) is 2.91. The van der Waals surface area contributed by atoms with E-state index in [1.54, 1.807) is 6.92 Å². The maximum absolute atomic E-state index is 11.8. The van der Waals surface area contributed by atoms with Crippen LogP contribution in [0.15, 0.2) is 18.2 Å². The van der Waals surface area contributed by atoms with E-state index >= 15 is 0 Å². The van der Waals surface area contributed by atoms with E-state index in [1.807, 2.05) is 6.92 Å². The van der Waals surface area contributed by atoms with E-state index in [1.165, 1.54) is 24.0 Å². The largest absolute Gasteiger partial charge is 0.393 e. The standard InChI is InChI=1S/C17H26N2O2/c1-12(8-13(2)20)10-18-17(21)19-11-14-6-7-15-4-3-5-16(15)9-14/h6-7,9,12-13,20H,3-5,8,10-11H2,1-2H3,(H2,18,19,21). The molecule has 21 heavy (non-hydrogen) atoms. The molecule has 0 heterocycles. The van der Waals surface area contributed by atoms with Gasteiger partial charge in [0.05, 0.1) is 6.10 Å². The molecule has 0 aromatic heterocycles. The van der Waals surface area contributed by atoms with Crippen LogP contribution >= 0.6 is 0 Å². The summed E-state index contributed by atoms with van der Waals surface area (Å²) in [6.45, 7) is 4.93. The van der Waals surface area contributed by atoms with Gasteiger partial charge in [-0.15, -0.1) is 0 Å². The third-order valence-corrected chi connectivity index (χ3v) is 3.97. The van der Waals surface area contributed by atoms with E-state index in [0.717, 1.165) is 12.0 Å². The molecule has 2 amide bonds. The van der Waals surface area contributed by atoms with E-state index in [-0.39, 0.29) is 18.1 Å². The van der Waals surface area contributed by atoms with Gasteiger partial charge in [-0.25, -0.2) is 4.79 Å². The zero-order valence-corrected chi connectivity index (χ0v) is 13.0. The third kappa shape index (κ3) is 5.05. The highest BCUT2D eigenvalue weighted by atomic mass is 16.3. The molecule has 0 saturated heterocycles. The first-order valence-corrected chi connectivity index (χ1v) is 7.85. The predicted molar refractivity (Wildman–Crippen MR) is 84.2 cm³/mol. The van der Waals surface area contributed by atoms with Crippen molar-refractivity contribution in [1.29, 1.82) is 0 Å². The highest BCUT2D eigenvalue weighted by Crippen LogP contribution is 2.22. The lowest BCUT2D eigenvalue weighted by atomic mass is 10.1. The average molecular weight is 290 g/mol. The van der Waals surface area contributed by atoms with Crippen LogP contribution in [0, 0.1) is 5.92 Å². The Kier molecular flexibility index (Phi) is 5.62. The van der Waals surface area contributed by atoms with Crippen LogP contribution in [-0.4, -0.2) is 23.8 Å². The van der Waals surface area contributed by atoms with E-state index in [4.69, 9.17) is 0 Å². The number of carbonyl (C=O) groups is 1. The summed E-state index contributed by atoms with van der Waals surface area (Å²) in [6.07, 6.45) is 3.96. The molecule has 4 heteroatoms. The molecule has 2 atom stereocenters. The van der Waals surface area contributed by atoms with Gasteiger partial charge in [0.15, 0.2) is 0 Å². The molecule has 0 radical (unpaired) electrons. The number of aryl methyl sites for hydroxylation is 2. The Hall–Kier alpha value is -1.55. The lowest BCUT2D eigenvalue weighted by molar-refractivity contribution is 0.163. The maximum Gasteiger partial charge on any atom is 0.315 e. The monoisotopic (exact) mass is 290 g/mol. The van der Waals surface area contributed by atoms with Crippen molar-refractivity contribution in [3.63, 3.8) is 0 Å². The van der Waals surface area contributed by atoms with Crippen molar-refractivity contribution in [1.82, 2.24) is 10.6 Å². The second-order valence-corrected chi connectivity index (χ2v) is 6.21. The topological polar surface area (TPSA) is 61.4 Å². The highest BCUT2D eigenvalue weighted by molar-refractivity contribution is 5.73. The van der Waals surface area contributed by atoms with E-state index in [2.05, 4.69) is 28.8 Å². The van der Waals surface area contributed by atoms with Crippen molar-refractivity contribution < 1.29 is 9.90 Å². The van der Waals surface area contributed by atoms with Gasteiger partial charge in [0.1, 0.15) is 0 Å². The lowest BCUT2D eigenvalue weighted by Crippen LogP contribution is -2.37. The molecule has 1 aliphatic rings. The summed E-state index contributed by atoms with van der Waals surface area (Å²) < 4.78 is 0. The molecule has 2 rings (SSSR count). The number of aliphatic hydroxyl groups excluding tert-OH is 1. The molecule has 0 spiro atoms. The van der Waals surface area contributed by atoms with Crippen molar-refractivity contribution in [3.05, 3.63) is 34.9 Å². The molecule has 0 fully saturated rings. The van der Waals surface area contributed by atoms with Gasteiger partial charge >= 0.3 is 6.03 Å². The van der Waals surface area contributed by atoms with Crippen LogP contribution in [0.3, 0.4) is 0 Å². The number of benzene rings is 1. The summed E-state index contributed by atoms with van der Waals surface area (Å²) >= 11 is 0. The zero-order chi connectivity index (χ0) is 15.2. The van der Waals surface area contributed by atoms with Crippen molar-refractivity contribution >= 4 is 6.03 Å². The number of rotatable bonds is 6. The third-order valence-electron chi connectivity index (χ3n) is 3.97. The van der Waals surface area contributed by atoms with E-state index in [9.17, 15) is 9.90 Å². The molecule has 0 bridgehead atoms. The number of nitrogens with one attached hydrogen (secondary N) is 2. The molecule has 1 aromatic rings. The Bertz CT molecular complexity index is 486. The molecule has 2 unspecified atom stereocenters. The molecule has 0 aliphatic heterocycles. The summed E-state index contributed by atoms with van der Waals surface area (Å²) in [4.78, 5) is 11.8. The molecule has 1 aromatic carbocycles. The second-order valence-electron chi connectivity index (χ2n) is 6.21. The molecule has 1 aliphatic carbocycles. The molecule has 116 valence electrons. The van der Waals surface area contributed by atoms with Crippen LogP contribution in [0.5, 0.6) is 0 Å². The smallest absolute Gasteiger partial charge is 0.315 e. The Morgan fingerprint density at radius 2 is 2.00 bits per heavy atom.